The van der Waals surface area contributed by atoms with Crippen molar-refractivity contribution in [3.63, 3.8) is 0 Å². The number of carbonyl (C=O) groups excluding carboxylic acids is 2. The zero-order chi connectivity index (χ0) is 17.6. The number of halogens is 1. The smallest absolute Gasteiger partial charge is 0.338 e. The summed E-state index contributed by atoms with van der Waals surface area (Å²) < 4.78 is 10.8. The molecule has 0 radical (unpaired) electrons. The zero-order valence-electron chi connectivity index (χ0n) is 13.5. The Hall–Kier alpha value is -2.59. The predicted molar refractivity (Wildman–Crippen MR) is 96.1 cm³/mol. The van der Waals surface area contributed by atoms with E-state index in [0.29, 0.717) is 35.8 Å². The lowest BCUT2D eigenvalue weighted by Gasteiger charge is -2.05. The fraction of sp³-hybridized carbons (Fsp3) is 0.200. The molecule has 0 saturated carbocycles. The molecule has 0 amide bonds. The van der Waals surface area contributed by atoms with Crippen molar-refractivity contribution in [2.75, 3.05) is 12.5 Å². The number of fused-ring (bicyclic) bond motifs is 1. The Morgan fingerprint density at radius 3 is 2.68 bits per heavy atom. The highest BCUT2D eigenvalue weighted by Crippen LogP contribution is 2.32. The molecule has 0 unspecified atom stereocenters. The van der Waals surface area contributed by atoms with Gasteiger partial charge in [0.1, 0.15) is 5.75 Å². The van der Waals surface area contributed by atoms with Gasteiger partial charge in [-0.05, 0) is 42.7 Å². The summed E-state index contributed by atoms with van der Waals surface area (Å²) in [5.41, 5.74) is 1.58. The Morgan fingerprint density at radius 1 is 1.12 bits per heavy atom. The van der Waals surface area contributed by atoms with Crippen molar-refractivity contribution < 1.29 is 19.1 Å². The molecule has 1 aliphatic heterocycles. The summed E-state index contributed by atoms with van der Waals surface area (Å²) in [6.45, 7) is 0.312. The standard InChI is InChI=1S/C20H17ClO4/c21-10-4-5-11-24-20(23)15-8-9-17-16(13-15)19(22)18(25-17)12-14-6-2-1-3-7-14/h1-3,6-9,12-13H,4-5,10-11H2/b18-12-. The van der Waals surface area contributed by atoms with Crippen LogP contribution in [-0.4, -0.2) is 24.2 Å². The van der Waals surface area contributed by atoms with Crippen LogP contribution in [0.4, 0.5) is 0 Å². The number of rotatable bonds is 6. The minimum absolute atomic E-state index is 0.240. The van der Waals surface area contributed by atoms with E-state index in [4.69, 9.17) is 21.1 Å². The SMILES string of the molecule is O=C(OCCCCCl)c1ccc2c(c1)C(=O)/C(=C/c1ccccc1)O2. The molecule has 25 heavy (non-hydrogen) atoms. The number of allylic oxidation sites excluding steroid dienone is 1. The first-order chi connectivity index (χ1) is 12.2. The number of hydrogen-bond acceptors (Lipinski definition) is 4. The minimum Gasteiger partial charge on any atom is -0.462 e. The maximum absolute atomic E-state index is 12.5. The average molecular weight is 357 g/mol. The van der Waals surface area contributed by atoms with Crippen LogP contribution in [0.5, 0.6) is 5.75 Å². The zero-order valence-corrected chi connectivity index (χ0v) is 14.3. The summed E-state index contributed by atoms with van der Waals surface area (Å²) in [6, 6.07) is 14.2. The molecule has 4 nitrogen and oxygen atoms in total. The maximum atomic E-state index is 12.5. The van der Waals surface area contributed by atoms with Crippen LogP contribution in [0.2, 0.25) is 0 Å². The number of ketones is 1. The average Bonchev–Trinajstić information content (AvgIpc) is 2.95. The maximum Gasteiger partial charge on any atom is 0.338 e. The molecule has 0 spiro atoms. The Morgan fingerprint density at radius 2 is 1.92 bits per heavy atom. The topological polar surface area (TPSA) is 52.6 Å². The molecular formula is C20H17ClO4. The Balaban J connectivity index is 1.74. The van der Waals surface area contributed by atoms with Gasteiger partial charge in [-0.3, -0.25) is 4.79 Å². The number of benzene rings is 2. The second-order valence-corrected chi connectivity index (χ2v) is 5.97. The number of esters is 1. The highest BCUT2D eigenvalue weighted by atomic mass is 35.5. The molecule has 0 atom stereocenters. The third-order valence-corrected chi connectivity index (χ3v) is 4.03. The van der Waals surface area contributed by atoms with Crippen molar-refractivity contribution >= 4 is 29.4 Å². The number of alkyl halides is 1. The summed E-state index contributed by atoms with van der Waals surface area (Å²) in [7, 11) is 0. The molecule has 1 heterocycles. The van der Waals surface area contributed by atoms with Crippen molar-refractivity contribution in [2.24, 2.45) is 0 Å². The third kappa shape index (κ3) is 4.09. The molecule has 0 N–H and O–H groups in total. The summed E-state index contributed by atoms with van der Waals surface area (Å²) >= 11 is 5.59. The van der Waals surface area contributed by atoms with Crippen LogP contribution in [0.25, 0.3) is 6.08 Å². The van der Waals surface area contributed by atoms with Crippen LogP contribution < -0.4 is 4.74 Å². The van der Waals surface area contributed by atoms with Crippen molar-refractivity contribution in [2.45, 2.75) is 12.8 Å². The van der Waals surface area contributed by atoms with Gasteiger partial charge >= 0.3 is 5.97 Å². The van der Waals surface area contributed by atoms with Crippen LogP contribution in [0.1, 0.15) is 39.1 Å². The second kappa shape index (κ2) is 7.99. The van der Waals surface area contributed by atoms with E-state index in [-0.39, 0.29) is 11.5 Å². The van der Waals surface area contributed by atoms with E-state index >= 15 is 0 Å². The van der Waals surface area contributed by atoms with E-state index in [1.165, 1.54) is 6.07 Å². The predicted octanol–water partition coefficient (Wildman–Crippen LogP) is 4.48. The van der Waals surface area contributed by atoms with Gasteiger partial charge < -0.3 is 9.47 Å². The second-order valence-electron chi connectivity index (χ2n) is 5.59. The van der Waals surface area contributed by atoms with Crippen LogP contribution in [-0.2, 0) is 4.74 Å². The molecule has 0 bridgehead atoms. The van der Waals surface area contributed by atoms with E-state index in [1.807, 2.05) is 30.3 Å². The summed E-state index contributed by atoms with van der Waals surface area (Å²) in [5.74, 6) is 0.541. The number of hydrogen-bond donors (Lipinski definition) is 0. The van der Waals surface area contributed by atoms with Gasteiger partial charge in [0.25, 0.3) is 0 Å². The number of Topliss-reactive ketones (excluding diaryl/α,β-unsaturated/α-hetero) is 1. The van der Waals surface area contributed by atoms with Crippen LogP contribution in [0.15, 0.2) is 54.3 Å². The lowest BCUT2D eigenvalue weighted by atomic mass is 10.1. The summed E-state index contributed by atoms with van der Waals surface area (Å²) in [4.78, 5) is 24.6. The molecule has 1 aliphatic rings. The molecule has 3 rings (SSSR count). The molecule has 2 aromatic rings. The molecule has 128 valence electrons. The van der Waals surface area contributed by atoms with E-state index in [1.54, 1.807) is 18.2 Å². The first-order valence-electron chi connectivity index (χ1n) is 8.05. The van der Waals surface area contributed by atoms with Crippen LogP contribution in [0.3, 0.4) is 0 Å². The van der Waals surface area contributed by atoms with Gasteiger partial charge in [0.2, 0.25) is 5.78 Å². The van der Waals surface area contributed by atoms with Crippen LogP contribution >= 0.6 is 11.6 Å². The largest absolute Gasteiger partial charge is 0.462 e. The Labute approximate surface area is 151 Å². The molecule has 0 saturated heterocycles. The fourth-order valence-corrected chi connectivity index (χ4v) is 2.65. The number of ether oxygens (including phenoxy) is 2. The Bertz CT molecular complexity index is 812. The Kier molecular flexibility index (Phi) is 5.51. The molecular weight excluding hydrogens is 340 g/mol. The van der Waals surface area contributed by atoms with Gasteiger partial charge in [-0.1, -0.05) is 30.3 Å². The van der Waals surface area contributed by atoms with Gasteiger partial charge in [0.05, 0.1) is 17.7 Å². The lowest BCUT2D eigenvalue weighted by Crippen LogP contribution is -2.07. The van der Waals surface area contributed by atoms with Gasteiger partial charge in [0, 0.05) is 5.88 Å². The van der Waals surface area contributed by atoms with Gasteiger partial charge in [0.15, 0.2) is 5.76 Å². The monoisotopic (exact) mass is 356 g/mol. The van der Waals surface area contributed by atoms with E-state index in [2.05, 4.69) is 0 Å². The summed E-state index contributed by atoms with van der Waals surface area (Å²) in [5, 5.41) is 0. The first kappa shape index (κ1) is 17.2. The molecule has 0 fully saturated rings. The lowest BCUT2D eigenvalue weighted by molar-refractivity contribution is 0.0500. The molecule has 0 aliphatic carbocycles. The quantitative estimate of drug-likeness (QED) is 0.331. The number of carbonyl (C=O) groups is 2. The molecule has 2 aromatic carbocycles. The van der Waals surface area contributed by atoms with Crippen molar-refractivity contribution in [3.05, 3.63) is 71.0 Å². The van der Waals surface area contributed by atoms with Crippen molar-refractivity contribution in [1.29, 1.82) is 0 Å². The van der Waals surface area contributed by atoms with E-state index < -0.39 is 5.97 Å². The highest BCUT2D eigenvalue weighted by Gasteiger charge is 2.28. The van der Waals surface area contributed by atoms with E-state index in [0.717, 1.165) is 12.0 Å². The third-order valence-electron chi connectivity index (χ3n) is 3.76. The normalized spacial score (nSPS) is 14.3. The van der Waals surface area contributed by atoms with Gasteiger partial charge in [-0.2, -0.15) is 0 Å². The summed E-state index contributed by atoms with van der Waals surface area (Å²) in [6.07, 6.45) is 3.19. The molecule has 5 heteroatoms. The van der Waals surface area contributed by atoms with Crippen LogP contribution in [0, 0.1) is 0 Å². The van der Waals surface area contributed by atoms with Gasteiger partial charge in [-0.25, -0.2) is 4.79 Å². The van der Waals surface area contributed by atoms with E-state index in [9.17, 15) is 9.59 Å². The van der Waals surface area contributed by atoms with Crippen molar-refractivity contribution in [3.8, 4) is 5.75 Å². The highest BCUT2D eigenvalue weighted by molar-refractivity contribution is 6.17. The number of unbranched alkanes of at least 4 members (excludes halogenated alkanes) is 1. The fourth-order valence-electron chi connectivity index (χ4n) is 2.46. The first-order valence-corrected chi connectivity index (χ1v) is 8.59. The minimum atomic E-state index is -0.453. The molecule has 0 aromatic heterocycles. The van der Waals surface area contributed by atoms with Crippen molar-refractivity contribution in [1.82, 2.24) is 0 Å². The van der Waals surface area contributed by atoms with Gasteiger partial charge in [-0.15, -0.1) is 11.6 Å².